The molecule has 1 unspecified atom stereocenters. The molecule has 0 saturated heterocycles. The second-order valence-electron chi connectivity index (χ2n) is 5.68. The number of carbonyl (C=O) groups is 1. The Hall–Kier alpha value is -1.26. The summed E-state index contributed by atoms with van der Waals surface area (Å²) in [6, 6.07) is 4.80. The van der Waals surface area contributed by atoms with E-state index in [2.05, 4.69) is 31.0 Å². The normalized spacial score (nSPS) is 13.3. The van der Waals surface area contributed by atoms with Gasteiger partial charge in [-0.1, -0.05) is 18.5 Å². The summed E-state index contributed by atoms with van der Waals surface area (Å²) in [7, 11) is 1.96. The van der Waals surface area contributed by atoms with Gasteiger partial charge in [-0.25, -0.2) is 0 Å². The lowest BCUT2D eigenvalue weighted by Gasteiger charge is -2.38. The quantitative estimate of drug-likeness (QED) is 0.819. The molecule has 1 amide bonds. The number of nitrogens with two attached hydrogens (primary N) is 1. The third-order valence-corrected chi connectivity index (χ3v) is 4.34. The minimum Gasteiger partial charge on any atom is -0.399 e. The van der Waals surface area contributed by atoms with E-state index < -0.39 is 0 Å². The van der Waals surface area contributed by atoms with E-state index in [0.29, 0.717) is 16.4 Å². The molecule has 5 heteroatoms. The van der Waals surface area contributed by atoms with Crippen LogP contribution in [-0.4, -0.2) is 29.4 Å². The van der Waals surface area contributed by atoms with Gasteiger partial charge in [-0.05, 0) is 52.4 Å². The molecule has 0 fully saturated rings. The lowest BCUT2D eigenvalue weighted by molar-refractivity contribution is -0.122. The number of likely N-dealkylation sites (N-methyl/N-ethyl adjacent to an activating group) is 1. The zero-order valence-corrected chi connectivity index (χ0v) is 13.6. The molecule has 0 aliphatic heterocycles. The van der Waals surface area contributed by atoms with Crippen LogP contribution in [-0.2, 0) is 4.79 Å². The molecule has 1 atom stereocenters. The van der Waals surface area contributed by atoms with Crippen molar-refractivity contribution in [2.24, 2.45) is 0 Å². The molecule has 3 N–H and O–H groups in total. The number of nitrogens with zero attached hydrogens (tertiary/aromatic N) is 1. The monoisotopic (exact) mass is 297 g/mol. The predicted molar refractivity (Wildman–Crippen MR) is 86.1 cm³/mol. The summed E-state index contributed by atoms with van der Waals surface area (Å²) in [4.78, 5) is 14.4. The minimum absolute atomic E-state index is 0.0400. The molecule has 1 aromatic carbocycles. The molecular formula is C15H24ClN3O. The van der Waals surface area contributed by atoms with Gasteiger partial charge in [-0.2, -0.15) is 0 Å². The summed E-state index contributed by atoms with van der Waals surface area (Å²) < 4.78 is 0. The maximum atomic E-state index is 12.3. The van der Waals surface area contributed by atoms with Crippen LogP contribution in [0, 0.1) is 0 Å². The van der Waals surface area contributed by atoms with Crippen molar-refractivity contribution in [3.05, 3.63) is 23.2 Å². The first-order chi connectivity index (χ1) is 9.19. The highest BCUT2D eigenvalue weighted by Crippen LogP contribution is 2.25. The molecule has 0 heterocycles. The Morgan fingerprint density at radius 3 is 2.60 bits per heavy atom. The van der Waals surface area contributed by atoms with Crippen LogP contribution in [0.25, 0.3) is 0 Å². The molecule has 0 aliphatic carbocycles. The maximum Gasteiger partial charge on any atom is 0.241 e. The summed E-state index contributed by atoms with van der Waals surface area (Å²) in [5.41, 5.74) is 6.75. The smallest absolute Gasteiger partial charge is 0.241 e. The van der Waals surface area contributed by atoms with Crippen molar-refractivity contribution in [2.45, 2.75) is 45.7 Å². The predicted octanol–water partition coefficient (Wildman–Crippen LogP) is 3.37. The van der Waals surface area contributed by atoms with Crippen molar-refractivity contribution in [1.82, 2.24) is 4.90 Å². The number of anilines is 2. The molecule has 112 valence electrons. The number of rotatable bonds is 5. The summed E-state index contributed by atoms with van der Waals surface area (Å²) in [5.74, 6) is -0.0827. The molecule has 1 aromatic rings. The van der Waals surface area contributed by atoms with E-state index in [9.17, 15) is 4.79 Å². The average molecular weight is 298 g/mol. The van der Waals surface area contributed by atoms with Crippen LogP contribution < -0.4 is 11.1 Å². The van der Waals surface area contributed by atoms with Gasteiger partial charge in [-0.15, -0.1) is 0 Å². The molecule has 0 radical (unpaired) electrons. The second kappa shape index (κ2) is 6.46. The van der Waals surface area contributed by atoms with E-state index in [4.69, 9.17) is 17.3 Å². The first-order valence-electron chi connectivity index (χ1n) is 6.78. The lowest BCUT2D eigenvalue weighted by atomic mass is 9.98. The zero-order chi connectivity index (χ0) is 15.5. The van der Waals surface area contributed by atoms with Gasteiger partial charge < -0.3 is 11.1 Å². The maximum absolute atomic E-state index is 12.3. The Morgan fingerprint density at radius 2 is 2.10 bits per heavy atom. The number of hydrogen-bond acceptors (Lipinski definition) is 3. The van der Waals surface area contributed by atoms with Crippen LogP contribution in [0.1, 0.15) is 34.1 Å². The molecule has 4 nitrogen and oxygen atoms in total. The standard InChI is InChI=1S/C15H24ClN3O/c1-6-15(3,4)19(5)10(2)14(20)18-13-8-7-11(17)9-12(13)16/h7-10H,6,17H2,1-5H3,(H,18,20). The molecule has 0 saturated carbocycles. The van der Waals surface area contributed by atoms with E-state index in [1.807, 2.05) is 14.0 Å². The molecule has 0 aromatic heterocycles. The fourth-order valence-electron chi connectivity index (χ4n) is 1.82. The average Bonchev–Trinajstić information content (AvgIpc) is 2.40. The van der Waals surface area contributed by atoms with Gasteiger partial charge >= 0.3 is 0 Å². The fraction of sp³-hybridized carbons (Fsp3) is 0.533. The summed E-state index contributed by atoms with van der Waals surface area (Å²) in [6.45, 7) is 8.23. The largest absolute Gasteiger partial charge is 0.399 e. The number of halogens is 1. The molecule has 20 heavy (non-hydrogen) atoms. The Bertz CT molecular complexity index is 488. The van der Waals surface area contributed by atoms with Crippen molar-refractivity contribution in [3.8, 4) is 0 Å². The number of nitrogens with one attached hydrogen (secondary N) is 1. The SMILES string of the molecule is CCC(C)(C)N(C)C(C)C(=O)Nc1ccc(N)cc1Cl. The number of amides is 1. The highest BCUT2D eigenvalue weighted by atomic mass is 35.5. The molecule has 1 rings (SSSR count). The van der Waals surface area contributed by atoms with Gasteiger partial charge in [0, 0.05) is 11.2 Å². The van der Waals surface area contributed by atoms with Gasteiger partial charge in [0.2, 0.25) is 5.91 Å². The lowest BCUT2D eigenvalue weighted by Crippen LogP contribution is -2.50. The zero-order valence-electron chi connectivity index (χ0n) is 12.8. The minimum atomic E-state index is -0.251. The van der Waals surface area contributed by atoms with Gasteiger partial charge in [0.05, 0.1) is 16.8 Å². The Labute approximate surface area is 126 Å². The molecule has 0 bridgehead atoms. The van der Waals surface area contributed by atoms with E-state index >= 15 is 0 Å². The summed E-state index contributed by atoms with van der Waals surface area (Å²) >= 11 is 6.07. The summed E-state index contributed by atoms with van der Waals surface area (Å²) in [5, 5.41) is 3.29. The van der Waals surface area contributed by atoms with E-state index in [-0.39, 0.29) is 17.5 Å². The first-order valence-corrected chi connectivity index (χ1v) is 7.15. The van der Waals surface area contributed by atoms with Gasteiger partial charge in [0.15, 0.2) is 0 Å². The number of nitrogen functional groups attached to an aromatic ring is 1. The van der Waals surface area contributed by atoms with Crippen molar-refractivity contribution >= 4 is 28.9 Å². The third-order valence-electron chi connectivity index (χ3n) is 4.03. The number of carbonyl (C=O) groups excluding carboxylic acids is 1. The van der Waals surface area contributed by atoms with Crippen molar-refractivity contribution in [1.29, 1.82) is 0 Å². The highest BCUT2D eigenvalue weighted by molar-refractivity contribution is 6.34. The Kier molecular flexibility index (Phi) is 5.42. The molecule has 0 spiro atoms. The van der Waals surface area contributed by atoms with E-state index in [1.165, 1.54) is 0 Å². The Balaban J connectivity index is 2.80. The van der Waals surface area contributed by atoms with Crippen LogP contribution in [0.4, 0.5) is 11.4 Å². The van der Waals surface area contributed by atoms with Gasteiger partial charge in [0.25, 0.3) is 0 Å². The number of hydrogen-bond donors (Lipinski definition) is 2. The highest BCUT2D eigenvalue weighted by Gasteiger charge is 2.29. The Morgan fingerprint density at radius 1 is 1.50 bits per heavy atom. The summed E-state index contributed by atoms with van der Waals surface area (Å²) in [6.07, 6.45) is 0.962. The van der Waals surface area contributed by atoms with Crippen molar-refractivity contribution in [2.75, 3.05) is 18.1 Å². The van der Waals surface area contributed by atoms with Gasteiger partial charge in [-0.3, -0.25) is 9.69 Å². The fourth-order valence-corrected chi connectivity index (χ4v) is 2.06. The molecular weight excluding hydrogens is 274 g/mol. The van der Waals surface area contributed by atoms with Crippen molar-refractivity contribution < 1.29 is 4.79 Å². The molecule has 0 aliphatic rings. The van der Waals surface area contributed by atoms with Crippen LogP contribution in [0.2, 0.25) is 5.02 Å². The number of benzene rings is 1. The van der Waals surface area contributed by atoms with Crippen LogP contribution in [0.3, 0.4) is 0 Å². The van der Waals surface area contributed by atoms with Crippen LogP contribution in [0.5, 0.6) is 0 Å². The van der Waals surface area contributed by atoms with E-state index in [1.54, 1.807) is 18.2 Å². The third kappa shape index (κ3) is 3.87. The van der Waals surface area contributed by atoms with Crippen LogP contribution in [0.15, 0.2) is 18.2 Å². The second-order valence-corrected chi connectivity index (χ2v) is 6.09. The van der Waals surface area contributed by atoms with Gasteiger partial charge in [0.1, 0.15) is 0 Å². The van der Waals surface area contributed by atoms with E-state index in [0.717, 1.165) is 6.42 Å². The van der Waals surface area contributed by atoms with Crippen molar-refractivity contribution in [3.63, 3.8) is 0 Å². The van der Waals surface area contributed by atoms with Crippen LogP contribution >= 0.6 is 11.6 Å². The topological polar surface area (TPSA) is 58.4 Å². The first kappa shape index (κ1) is 16.8.